The maximum absolute atomic E-state index is 9.44. The first-order valence-corrected chi connectivity index (χ1v) is 8.37. The van der Waals surface area contributed by atoms with Gasteiger partial charge in [0.25, 0.3) is 0 Å². The molecule has 0 amide bonds. The zero-order valence-corrected chi connectivity index (χ0v) is 13.3. The largest absolute Gasteiger partial charge is 0.395 e. The zero-order valence-electron chi connectivity index (χ0n) is 12.5. The first kappa shape index (κ1) is 16.2. The first-order valence-electron chi connectivity index (χ1n) is 7.42. The predicted octanol–water partition coefficient (Wildman–Crippen LogP) is 3.02. The van der Waals surface area contributed by atoms with E-state index in [2.05, 4.69) is 40.8 Å². The van der Waals surface area contributed by atoms with Crippen LogP contribution in [0.5, 0.6) is 0 Å². The molecule has 1 heterocycles. The third-order valence-electron chi connectivity index (χ3n) is 3.77. The molecular weight excluding hydrogens is 280 g/mol. The van der Waals surface area contributed by atoms with E-state index in [1.165, 1.54) is 11.1 Å². The molecule has 2 atom stereocenters. The lowest BCUT2D eigenvalue weighted by Crippen LogP contribution is -2.41. The van der Waals surface area contributed by atoms with Gasteiger partial charge in [0.05, 0.1) is 12.6 Å². The molecule has 3 N–H and O–H groups in total. The maximum Gasteiger partial charge on any atom is 0.0558 e. The van der Waals surface area contributed by atoms with Gasteiger partial charge in [0.15, 0.2) is 0 Å². The summed E-state index contributed by atoms with van der Waals surface area (Å²) in [6.45, 7) is 3.69. The Kier molecular flexibility index (Phi) is 6.39. The Morgan fingerprint density at radius 2 is 2.00 bits per heavy atom. The van der Waals surface area contributed by atoms with Crippen molar-refractivity contribution in [3.63, 3.8) is 0 Å². The molecule has 114 valence electrons. The number of aliphatic hydroxyl groups is 1. The van der Waals surface area contributed by atoms with Crippen LogP contribution in [-0.2, 0) is 6.54 Å². The van der Waals surface area contributed by atoms with E-state index in [0.29, 0.717) is 6.54 Å². The quantitative estimate of drug-likeness (QED) is 0.788. The van der Waals surface area contributed by atoms with Crippen molar-refractivity contribution in [1.29, 1.82) is 0 Å². The highest BCUT2D eigenvalue weighted by Gasteiger charge is 2.25. The molecule has 4 heteroatoms. The second-order valence-corrected chi connectivity index (χ2v) is 6.03. The molecule has 1 aromatic carbocycles. The Morgan fingerprint density at radius 3 is 2.57 bits per heavy atom. The monoisotopic (exact) mass is 304 g/mol. The predicted molar refractivity (Wildman–Crippen MR) is 89.3 cm³/mol. The third-order valence-corrected chi connectivity index (χ3v) is 4.47. The maximum atomic E-state index is 9.44. The van der Waals surface area contributed by atoms with Crippen LogP contribution < -0.4 is 5.73 Å². The van der Waals surface area contributed by atoms with Crippen molar-refractivity contribution in [2.75, 3.05) is 13.2 Å². The van der Waals surface area contributed by atoms with Crippen molar-refractivity contribution in [2.24, 2.45) is 5.73 Å². The van der Waals surface area contributed by atoms with Crippen LogP contribution in [0.25, 0.3) is 0 Å². The van der Waals surface area contributed by atoms with E-state index in [1.54, 1.807) is 11.3 Å². The summed E-state index contributed by atoms with van der Waals surface area (Å²) in [7, 11) is 0. The van der Waals surface area contributed by atoms with Crippen LogP contribution in [0.4, 0.5) is 0 Å². The van der Waals surface area contributed by atoms with Gasteiger partial charge in [-0.1, -0.05) is 37.3 Å². The van der Waals surface area contributed by atoms with Crippen LogP contribution in [0.3, 0.4) is 0 Å². The lowest BCUT2D eigenvalue weighted by atomic mass is 9.98. The summed E-state index contributed by atoms with van der Waals surface area (Å²) >= 11 is 1.69. The minimum atomic E-state index is 0.0647. The zero-order chi connectivity index (χ0) is 15.1. The summed E-state index contributed by atoms with van der Waals surface area (Å²) in [6.07, 6.45) is 0.914. The summed E-state index contributed by atoms with van der Waals surface area (Å²) in [5, 5.41) is 13.7. The summed E-state index contributed by atoms with van der Waals surface area (Å²) in [4.78, 5) is 2.28. The van der Waals surface area contributed by atoms with Gasteiger partial charge >= 0.3 is 0 Å². The number of benzene rings is 1. The Labute approximate surface area is 131 Å². The molecule has 2 aromatic rings. The molecule has 0 saturated heterocycles. The summed E-state index contributed by atoms with van der Waals surface area (Å²) < 4.78 is 0. The Morgan fingerprint density at radius 1 is 1.24 bits per heavy atom. The normalized spacial score (nSPS) is 14.3. The van der Waals surface area contributed by atoms with Gasteiger partial charge in [0.1, 0.15) is 0 Å². The topological polar surface area (TPSA) is 49.5 Å². The average molecular weight is 304 g/mol. The fourth-order valence-corrected chi connectivity index (χ4v) is 3.35. The third kappa shape index (κ3) is 4.38. The van der Waals surface area contributed by atoms with Gasteiger partial charge in [0, 0.05) is 19.1 Å². The van der Waals surface area contributed by atoms with Crippen LogP contribution in [0.2, 0.25) is 0 Å². The minimum absolute atomic E-state index is 0.0647. The van der Waals surface area contributed by atoms with Crippen molar-refractivity contribution in [3.8, 4) is 0 Å². The number of nitrogens with zero attached hydrogens (tertiary/aromatic N) is 1. The lowest BCUT2D eigenvalue weighted by Gasteiger charge is -2.34. The number of aliphatic hydroxyl groups excluding tert-OH is 1. The molecular formula is C17H24N2OS. The van der Waals surface area contributed by atoms with Crippen molar-refractivity contribution in [3.05, 3.63) is 58.3 Å². The number of hydrogen-bond donors (Lipinski definition) is 2. The van der Waals surface area contributed by atoms with Crippen LogP contribution in [-0.4, -0.2) is 29.2 Å². The molecule has 2 rings (SSSR count). The highest BCUT2D eigenvalue weighted by atomic mass is 32.1. The second-order valence-electron chi connectivity index (χ2n) is 5.25. The molecule has 0 aliphatic carbocycles. The Balaban J connectivity index is 2.23. The van der Waals surface area contributed by atoms with Crippen LogP contribution in [0.15, 0.2) is 47.2 Å². The number of thiophene rings is 1. The standard InChI is InChI=1S/C17H24N2OS/c1-2-16(18)17(15-8-11-21-13-15)19(9-10-20)12-14-6-4-3-5-7-14/h3-8,11,13,16-17,20H,2,9-10,12,18H2,1H3. The van der Waals surface area contributed by atoms with E-state index in [-0.39, 0.29) is 18.7 Å². The van der Waals surface area contributed by atoms with Gasteiger partial charge in [-0.2, -0.15) is 11.3 Å². The van der Waals surface area contributed by atoms with Gasteiger partial charge in [0.2, 0.25) is 0 Å². The molecule has 0 fully saturated rings. The smallest absolute Gasteiger partial charge is 0.0558 e. The van der Waals surface area contributed by atoms with Crippen LogP contribution >= 0.6 is 11.3 Å². The van der Waals surface area contributed by atoms with E-state index in [9.17, 15) is 5.11 Å². The van der Waals surface area contributed by atoms with Gasteiger partial charge in [-0.15, -0.1) is 0 Å². The summed E-state index contributed by atoms with van der Waals surface area (Å²) in [6, 6.07) is 12.7. The molecule has 0 radical (unpaired) electrons. The fourth-order valence-electron chi connectivity index (χ4n) is 2.66. The number of nitrogens with two attached hydrogens (primary N) is 1. The molecule has 0 aliphatic heterocycles. The van der Waals surface area contributed by atoms with Crippen molar-refractivity contribution in [1.82, 2.24) is 4.90 Å². The van der Waals surface area contributed by atoms with E-state index < -0.39 is 0 Å². The molecule has 0 bridgehead atoms. The highest BCUT2D eigenvalue weighted by Crippen LogP contribution is 2.28. The van der Waals surface area contributed by atoms with Gasteiger partial charge < -0.3 is 10.8 Å². The molecule has 0 spiro atoms. The molecule has 2 unspecified atom stereocenters. The van der Waals surface area contributed by atoms with Crippen molar-refractivity contribution < 1.29 is 5.11 Å². The van der Waals surface area contributed by atoms with E-state index in [1.807, 2.05) is 18.2 Å². The minimum Gasteiger partial charge on any atom is -0.395 e. The van der Waals surface area contributed by atoms with Crippen LogP contribution in [0.1, 0.15) is 30.5 Å². The van der Waals surface area contributed by atoms with Gasteiger partial charge in [-0.3, -0.25) is 4.90 Å². The van der Waals surface area contributed by atoms with E-state index >= 15 is 0 Å². The average Bonchev–Trinajstić information content (AvgIpc) is 3.02. The first-order chi connectivity index (χ1) is 10.3. The molecule has 1 aromatic heterocycles. The van der Waals surface area contributed by atoms with Crippen molar-refractivity contribution >= 4 is 11.3 Å². The lowest BCUT2D eigenvalue weighted by molar-refractivity contribution is 0.125. The fraction of sp³-hybridized carbons (Fsp3) is 0.412. The molecule has 21 heavy (non-hydrogen) atoms. The molecule has 0 saturated carbocycles. The van der Waals surface area contributed by atoms with Crippen molar-refractivity contribution in [2.45, 2.75) is 32.0 Å². The molecule has 0 aliphatic rings. The summed E-state index contributed by atoms with van der Waals surface area (Å²) in [5.74, 6) is 0. The number of hydrogen-bond acceptors (Lipinski definition) is 4. The van der Waals surface area contributed by atoms with E-state index in [0.717, 1.165) is 13.0 Å². The van der Waals surface area contributed by atoms with Crippen LogP contribution in [0, 0.1) is 0 Å². The highest BCUT2D eigenvalue weighted by molar-refractivity contribution is 7.07. The Hall–Kier alpha value is -1.20. The summed E-state index contributed by atoms with van der Waals surface area (Å²) in [5.41, 5.74) is 8.87. The van der Waals surface area contributed by atoms with E-state index in [4.69, 9.17) is 5.73 Å². The SMILES string of the molecule is CCC(N)C(c1ccsc1)N(CCO)Cc1ccccc1. The molecule has 3 nitrogen and oxygen atoms in total. The second kappa shape index (κ2) is 8.29. The van der Waals surface area contributed by atoms with Gasteiger partial charge in [-0.25, -0.2) is 0 Å². The van der Waals surface area contributed by atoms with Gasteiger partial charge in [-0.05, 0) is 34.4 Å². The Bertz CT molecular complexity index is 501. The number of rotatable bonds is 8.